The van der Waals surface area contributed by atoms with Crippen molar-refractivity contribution in [3.8, 4) is 12.1 Å². The van der Waals surface area contributed by atoms with Gasteiger partial charge in [0.25, 0.3) is 0 Å². The fourth-order valence-corrected chi connectivity index (χ4v) is 0.211. The van der Waals surface area contributed by atoms with Crippen LogP contribution in [0.1, 0.15) is 6.92 Å². The van der Waals surface area contributed by atoms with Gasteiger partial charge in [-0.05, 0) is 6.92 Å². The number of hydrogen-bond donors (Lipinski definition) is 0. The molecule has 0 atom stereocenters. The predicted molar refractivity (Wildman–Crippen MR) is 25.4 cm³/mol. The Morgan fingerprint density at radius 2 is 1.88 bits per heavy atom. The van der Waals surface area contributed by atoms with Crippen LogP contribution in [0.15, 0.2) is 0 Å². The Morgan fingerprint density at radius 1 is 1.50 bits per heavy atom. The van der Waals surface area contributed by atoms with Crippen molar-refractivity contribution in [1.29, 1.82) is 10.5 Å². The molecule has 0 aliphatic carbocycles. The summed E-state index contributed by atoms with van der Waals surface area (Å²) < 4.78 is 0. The van der Waals surface area contributed by atoms with Crippen molar-refractivity contribution < 1.29 is 4.79 Å². The Kier molecular flexibility index (Phi) is 2.30. The van der Waals surface area contributed by atoms with Crippen molar-refractivity contribution in [1.82, 2.24) is 0 Å². The van der Waals surface area contributed by atoms with Crippen LogP contribution in [0, 0.1) is 28.6 Å². The number of hydrogen-bond acceptors (Lipinski definition) is 3. The Balaban J connectivity index is 4.02. The summed E-state index contributed by atoms with van der Waals surface area (Å²) in [4.78, 5) is 10.2. The average Bonchev–Trinajstić information content (AvgIpc) is 1.69. The number of carbonyl (C=O) groups is 1. The maximum absolute atomic E-state index is 10.2. The normalized spacial score (nSPS) is 7.50. The largest absolute Gasteiger partial charge is 0.297 e. The maximum atomic E-state index is 10.2. The maximum Gasteiger partial charge on any atom is 0.190 e. The number of ketones is 1. The summed E-state index contributed by atoms with van der Waals surface area (Å²) in [7, 11) is 0. The molecule has 0 aromatic heterocycles. The van der Waals surface area contributed by atoms with Crippen molar-refractivity contribution in [2.45, 2.75) is 6.92 Å². The molecule has 0 spiro atoms. The second kappa shape index (κ2) is 2.76. The van der Waals surface area contributed by atoms with Gasteiger partial charge < -0.3 is 0 Å². The van der Waals surface area contributed by atoms with Gasteiger partial charge in [-0.15, -0.1) is 0 Å². The first-order chi connectivity index (χ1) is 3.72. The van der Waals surface area contributed by atoms with Crippen LogP contribution in [0.25, 0.3) is 0 Å². The second-order valence-corrected chi connectivity index (χ2v) is 1.30. The average molecular weight is 108 g/mol. The van der Waals surface area contributed by atoms with E-state index < -0.39 is 11.7 Å². The zero-order valence-electron chi connectivity index (χ0n) is 4.38. The summed E-state index contributed by atoms with van der Waals surface area (Å²) in [5.41, 5.74) is 0. The molecule has 0 radical (unpaired) electrons. The molecular formula is C5H4N2O. The van der Waals surface area contributed by atoms with E-state index in [0.717, 1.165) is 0 Å². The van der Waals surface area contributed by atoms with Crippen LogP contribution in [-0.4, -0.2) is 5.78 Å². The molecule has 0 aliphatic rings. The second-order valence-electron chi connectivity index (χ2n) is 1.30. The zero-order valence-corrected chi connectivity index (χ0v) is 4.38. The first-order valence-corrected chi connectivity index (χ1v) is 2.02. The molecule has 0 aliphatic heterocycles. The van der Waals surface area contributed by atoms with Crippen LogP contribution in [0.3, 0.4) is 0 Å². The molecule has 0 N–H and O–H groups in total. The lowest BCUT2D eigenvalue weighted by Gasteiger charge is -1.84. The molecule has 8 heavy (non-hydrogen) atoms. The molecule has 0 saturated carbocycles. The lowest BCUT2D eigenvalue weighted by molar-refractivity contribution is -0.117. The van der Waals surface area contributed by atoms with Crippen molar-refractivity contribution >= 4 is 5.78 Å². The molecule has 3 heteroatoms. The Hall–Kier alpha value is -1.35. The zero-order chi connectivity index (χ0) is 6.57. The Morgan fingerprint density at radius 3 is 1.88 bits per heavy atom. The van der Waals surface area contributed by atoms with Crippen molar-refractivity contribution in [3.63, 3.8) is 0 Å². The molecule has 0 heterocycles. The van der Waals surface area contributed by atoms with E-state index in [1.165, 1.54) is 6.92 Å². The van der Waals surface area contributed by atoms with Crippen LogP contribution < -0.4 is 0 Å². The smallest absolute Gasteiger partial charge is 0.190 e. The van der Waals surface area contributed by atoms with Crippen molar-refractivity contribution in [2.75, 3.05) is 0 Å². The fraction of sp³-hybridized carbons (Fsp3) is 0.400. The van der Waals surface area contributed by atoms with E-state index in [9.17, 15) is 4.79 Å². The van der Waals surface area contributed by atoms with E-state index in [4.69, 9.17) is 10.5 Å². The van der Waals surface area contributed by atoms with E-state index in [0.29, 0.717) is 0 Å². The van der Waals surface area contributed by atoms with Crippen LogP contribution in [0.4, 0.5) is 0 Å². The van der Waals surface area contributed by atoms with E-state index in [1.807, 2.05) is 0 Å². The highest BCUT2D eigenvalue weighted by molar-refractivity contribution is 5.83. The highest BCUT2D eigenvalue weighted by Crippen LogP contribution is 1.90. The number of rotatable bonds is 1. The first kappa shape index (κ1) is 6.65. The molecule has 0 amide bonds. The standard InChI is InChI=1S/C5H4N2O/c1-4(8)5(2-6)3-7/h5H,1H3. The topological polar surface area (TPSA) is 64.7 Å². The summed E-state index contributed by atoms with van der Waals surface area (Å²) in [5.74, 6) is -1.47. The monoisotopic (exact) mass is 108 g/mol. The van der Waals surface area contributed by atoms with Crippen LogP contribution >= 0.6 is 0 Å². The highest BCUT2D eigenvalue weighted by Gasteiger charge is 2.09. The highest BCUT2D eigenvalue weighted by atomic mass is 16.1. The third kappa shape index (κ3) is 1.40. The Bertz CT molecular complexity index is 158. The molecule has 0 aromatic rings. The number of carbonyl (C=O) groups excluding carboxylic acids is 1. The van der Waals surface area contributed by atoms with Crippen LogP contribution in [0.5, 0.6) is 0 Å². The van der Waals surface area contributed by atoms with E-state index in [2.05, 4.69) is 0 Å². The van der Waals surface area contributed by atoms with Gasteiger partial charge in [0.15, 0.2) is 11.7 Å². The summed E-state index contributed by atoms with van der Waals surface area (Å²) in [6, 6.07) is 3.08. The molecule has 40 valence electrons. The van der Waals surface area contributed by atoms with Gasteiger partial charge in [0, 0.05) is 0 Å². The van der Waals surface area contributed by atoms with Gasteiger partial charge in [-0.2, -0.15) is 10.5 Å². The molecule has 0 aromatic carbocycles. The van der Waals surface area contributed by atoms with E-state index in [1.54, 1.807) is 12.1 Å². The van der Waals surface area contributed by atoms with Gasteiger partial charge >= 0.3 is 0 Å². The van der Waals surface area contributed by atoms with E-state index in [-0.39, 0.29) is 0 Å². The lowest BCUT2D eigenvalue weighted by Crippen LogP contribution is -2.03. The molecule has 0 unspecified atom stereocenters. The minimum absolute atomic E-state index is 0.394. The van der Waals surface area contributed by atoms with Gasteiger partial charge in [0.2, 0.25) is 0 Å². The van der Waals surface area contributed by atoms with Crippen molar-refractivity contribution in [2.24, 2.45) is 5.92 Å². The third-order valence-electron chi connectivity index (χ3n) is 0.665. The van der Waals surface area contributed by atoms with Gasteiger partial charge in [-0.1, -0.05) is 0 Å². The third-order valence-corrected chi connectivity index (χ3v) is 0.665. The number of nitrogens with zero attached hydrogens (tertiary/aromatic N) is 2. The minimum atomic E-state index is -1.07. The predicted octanol–water partition coefficient (Wildman–Crippen LogP) is 0.239. The molecule has 3 nitrogen and oxygen atoms in total. The Labute approximate surface area is 47.1 Å². The van der Waals surface area contributed by atoms with Crippen molar-refractivity contribution in [3.05, 3.63) is 0 Å². The first-order valence-electron chi connectivity index (χ1n) is 2.02. The lowest BCUT2D eigenvalue weighted by atomic mass is 10.1. The summed E-state index contributed by atoms with van der Waals surface area (Å²) >= 11 is 0. The van der Waals surface area contributed by atoms with Gasteiger partial charge in [0.1, 0.15) is 0 Å². The minimum Gasteiger partial charge on any atom is -0.297 e. The summed E-state index contributed by atoms with van der Waals surface area (Å²) in [6.07, 6.45) is 0. The SMILES string of the molecule is CC(=O)C(C#N)C#N. The van der Waals surface area contributed by atoms with Gasteiger partial charge in [0.05, 0.1) is 12.1 Å². The van der Waals surface area contributed by atoms with Crippen LogP contribution in [-0.2, 0) is 4.79 Å². The van der Waals surface area contributed by atoms with E-state index >= 15 is 0 Å². The fourth-order valence-electron chi connectivity index (χ4n) is 0.211. The molecule has 0 fully saturated rings. The quantitative estimate of drug-likeness (QED) is 0.483. The summed E-state index contributed by atoms with van der Waals surface area (Å²) in [5, 5.41) is 16.0. The molecule has 0 rings (SSSR count). The molecule has 0 bridgehead atoms. The summed E-state index contributed by atoms with van der Waals surface area (Å²) in [6.45, 7) is 1.22. The molecule has 0 saturated heterocycles. The van der Waals surface area contributed by atoms with Gasteiger partial charge in [-0.25, -0.2) is 0 Å². The number of nitriles is 2. The van der Waals surface area contributed by atoms with Crippen LogP contribution in [0.2, 0.25) is 0 Å². The van der Waals surface area contributed by atoms with Gasteiger partial charge in [-0.3, -0.25) is 4.79 Å². The number of Topliss-reactive ketones (excluding diaryl/α,β-unsaturated/α-hetero) is 1. The molecular weight excluding hydrogens is 104 g/mol.